The maximum absolute atomic E-state index is 12.5. The SMILES string of the molecule is CCOc1ccc(C(=O)Nc2ccc(N3CCN(C)CC3)c(Cl)c2)cc1Br. The van der Waals surface area contributed by atoms with E-state index in [1.807, 2.05) is 19.1 Å². The number of likely N-dealkylation sites (N-methyl/N-ethyl adjacent to an activating group) is 1. The van der Waals surface area contributed by atoms with Crippen LogP contribution < -0.4 is 15.0 Å². The molecule has 27 heavy (non-hydrogen) atoms. The lowest BCUT2D eigenvalue weighted by molar-refractivity contribution is 0.102. The minimum atomic E-state index is -0.192. The summed E-state index contributed by atoms with van der Waals surface area (Å²) >= 11 is 9.91. The quantitative estimate of drug-likeness (QED) is 0.725. The van der Waals surface area contributed by atoms with Crippen LogP contribution in [0, 0.1) is 0 Å². The van der Waals surface area contributed by atoms with Crippen LogP contribution in [-0.2, 0) is 0 Å². The van der Waals surface area contributed by atoms with E-state index < -0.39 is 0 Å². The Balaban J connectivity index is 1.69. The minimum Gasteiger partial charge on any atom is -0.493 e. The predicted octanol–water partition coefficient (Wildman–Crippen LogP) is 4.51. The lowest BCUT2D eigenvalue weighted by Gasteiger charge is -2.34. The van der Waals surface area contributed by atoms with E-state index in [4.69, 9.17) is 16.3 Å². The molecule has 1 aliphatic rings. The first kappa shape index (κ1) is 20.0. The highest BCUT2D eigenvalue weighted by Crippen LogP contribution is 2.30. The van der Waals surface area contributed by atoms with Gasteiger partial charge < -0.3 is 19.9 Å². The van der Waals surface area contributed by atoms with Crippen LogP contribution in [0.1, 0.15) is 17.3 Å². The maximum atomic E-state index is 12.5. The summed E-state index contributed by atoms with van der Waals surface area (Å²) in [5.74, 6) is 0.524. The first-order valence-electron chi connectivity index (χ1n) is 8.94. The van der Waals surface area contributed by atoms with Gasteiger partial charge in [-0.15, -0.1) is 0 Å². The normalized spacial score (nSPS) is 14.9. The summed E-state index contributed by atoms with van der Waals surface area (Å²) in [5.41, 5.74) is 2.23. The molecule has 5 nitrogen and oxygen atoms in total. The molecule has 2 aromatic rings. The van der Waals surface area contributed by atoms with Crippen LogP contribution in [0.15, 0.2) is 40.9 Å². The van der Waals surface area contributed by atoms with Crippen LogP contribution in [0.4, 0.5) is 11.4 Å². The van der Waals surface area contributed by atoms with Gasteiger partial charge in [-0.1, -0.05) is 11.6 Å². The lowest BCUT2D eigenvalue weighted by atomic mass is 10.2. The Labute approximate surface area is 173 Å². The van der Waals surface area contributed by atoms with Crippen LogP contribution in [0.2, 0.25) is 5.02 Å². The fourth-order valence-electron chi connectivity index (χ4n) is 3.01. The lowest BCUT2D eigenvalue weighted by Crippen LogP contribution is -2.44. The van der Waals surface area contributed by atoms with E-state index in [0.29, 0.717) is 28.6 Å². The Bertz CT molecular complexity index is 823. The van der Waals surface area contributed by atoms with Gasteiger partial charge in [-0.2, -0.15) is 0 Å². The number of nitrogens with zero attached hydrogens (tertiary/aromatic N) is 2. The van der Waals surface area contributed by atoms with E-state index in [9.17, 15) is 4.79 Å². The molecule has 1 saturated heterocycles. The highest BCUT2D eigenvalue weighted by Gasteiger charge is 2.17. The molecule has 0 radical (unpaired) electrons. The molecule has 7 heteroatoms. The molecule has 1 fully saturated rings. The second-order valence-electron chi connectivity index (χ2n) is 6.49. The molecule has 0 atom stereocenters. The van der Waals surface area contributed by atoms with Crippen molar-refractivity contribution in [3.8, 4) is 5.75 Å². The minimum absolute atomic E-state index is 0.192. The molecule has 0 aliphatic carbocycles. The van der Waals surface area contributed by atoms with E-state index in [1.165, 1.54) is 0 Å². The third kappa shape index (κ3) is 4.94. The van der Waals surface area contributed by atoms with Crippen molar-refractivity contribution in [1.29, 1.82) is 0 Å². The van der Waals surface area contributed by atoms with Crippen molar-refractivity contribution in [3.05, 3.63) is 51.5 Å². The van der Waals surface area contributed by atoms with Crippen LogP contribution >= 0.6 is 27.5 Å². The average molecular weight is 453 g/mol. The number of nitrogens with one attached hydrogen (secondary N) is 1. The molecule has 0 unspecified atom stereocenters. The summed E-state index contributed by atoms with van der Waals surface area (Å²) in [5, 5.41) is 3.55. The molecular formula is C20H23BrClN3O2. The Kier molecular flexibility index (Phi) is 6.63. The summed E-state index contributed by atoms with van der Waals surface area (Å²) in [7, 11) is 2.12. The summed E-state index contributed by atoms with van der Waals surface area (Å²) < 4.78 is 6.23. The number of piperazine rings is 1. The first-order chi connectivity index (χ1) is 13.0. The summed E-state index contributed by atoms with van der Waals surface area (Å²) in [4.78, 5) is 17.1. The molecule has 144 valence electrons. The molecule has 2 aromatic carbocycles. The van der Waals surface area contributed by atoms with Crippen LogP contribution in [-0.4, -0.2) is 50.6 Å². The first-order valence-corrected chi connectivity index (χ1v) is 10.1. The highest BCUT2D eigenvalue weighted by atomic mass is 79.9. The molecule has 0 bridgehead atoms. The van der Waals surface area contributed by atoms with Crippen molar-refractivity contribution in [1.82, 2.24) is 4.90 Å². The van der Waals surface area contributed by atoms with Crippen LogP contribution in [0.25, 0.3) is 0 Å². The number of ether oxygens (including phenoxy) is 1. The van der Waals surface area contributed by atoms with Gasteiger partial charge in [0.2, 0.25) is 0 Å². The fourth-order valence-corrected chi connectivity index (χ4v) is 3.80. The molecule has 1 aliphatic heterocycles. The second-order valence-corrected chi connectivity index (χ2v) is 7.75. The van der Waals surface area contributed by atoms with Crippen molar-refractivity contribution >= 4 is 44.8 Å². The van der Waals surface area contributed by atoms with Gasteiger partial charge >= 0.3 is 0 Å². The zero-order valence-electron chi connectivity index (χ0n) is 15.5. The van der Waals surface area contributed by atoms with Gasteiger partial charge in [0.05, 0.1) is 21.8 Å². The molecule has 1 heterocycles. The monoisotopic (exact) mass is 451 g/mol. The summed E-state index contributed by atoms with van der Waals surface area (Å²) in [6.45, 7) is 6.41. The number of hydrogen-bond acceptors (Lipinski definition) is 4. The number of anilines is 2. The van der Waals surface area contributed by atoms with Gasteiger partial charge in [0, 0.05) is 37.4 Å². The standard InChI is InChI=1S/C20H23BrClN3O2/c1-3-27-19-7-4-14(12-16(19)21)20(26)23-15-5-6-18(17(22)13-15)25-10-8-24(2)9-11-25/h4-7,12-13H,3,8-11H2,1-2H3,(H,23,26). The molecule has 0 spiro atoms. The topological polar surface area (TPSA) is 44.8 Å². The van der Waals surface area contributed by atoms with E-state index in [0.717, 1.165) is 36.3 Å². The number of amides is 1. The van der Waals surface area contributed by atoms with Gasteiger partial charge in [-0.3, -0.25) is 4.79 Å². The highest BCUT2D eigenvalue weighted by molar-refractivity contribution is 9.10. The van der Waals surface area contributed by atoms with Gasteiger partial charge in [0.15, 0.2) is 0 Å². The van der Waals surface area contributed by atoms with Gasteiger partial charge in [0.25, 0.3) is 5.91 Å². The number of rotatable bonds is 5. The van der Waals surface area contributed by atoms with Crippen molar-refractivity contribution < 1.29 is 9.53 Å². The molecule has 0 saturated carbocycles. The zero-order chi connectivity index (χ0) is 19.4. The average Bonchev–Trinajstić information content (AvgIpc) is 2.64. The Morgan fingerprint density at radius 2 is 1.93 bits per heavy atom. The molecule has 1 amide bonds. The molecule has 1 N–H and O–H groups in total. The number of halogens is 2. The Morgan fingerprint density at radius 1 is 1.19 bits per heavy atom. The molecule has 3 rings (SSSR count). The van der Waals surface area contributed by atoms with Crippen molar-refractivity contribution in [2.75, 3.05) is 50.1 Å². The Hall–Kier alpha value is -1.76. The van der Waals surface area contributed by atoms with E-state index in [2.05, 4.69) is 38.1 Å². The van der Waals surface area contributed by atoms with E-state index in [1.54, 1.807) is 24.3 Å². The summed E-state index contributed by atoms with van der Waals surface area (Å²) in [6, 6.07) is 10.9. The number of carbonyl (C=O) groups is 1. The van der Waals surface area contributed by atoms with Crippen molar-refractivity contribution in [2.24, 2.45) is 0 Å². The van der Waals surface area contributed by atoms with Crippen molar-refractivity contribution in [2.45, 2.75) is 6.92 Å². The number of carbonyl (C=O) groups excluding carboxylic acids is 1. The molecule has 0 aromatic heterocycles. The second kappa shape index (κ2) is 8.95. The van der Waals surface area contributed by atoms with E-state index in [-0.39, 0.29) is 5.91 Å². The van der Waals surface area contributed by atoms with Crippen LogP contribution in [0.5, 0.6) is 5.75 Å². The van der Waals surface area contributed by atoms with Gasteiger partial charge in [-0.05, 0) is 66.3 Å². The third-order valence-electron chi connectivity index (χ3n) is 4.54. The fraction of sp³-hybridized carbons (Fsp3) is 0.350. The third-order valence-corrected chi connectivity index (χ3v) is 5.47. The zero-order valence-corrected chi connectivity index (χ0v) is 17.8. The predicted molar refractivity (Wildman–Crippen MR) is 114 cm³/mol. The van der Waals surface area contributed by atoms with Gasteiger partial charge in [-0.25, -0.2) is 0 Å². The van der Waals surface area contributed by atoms with Crippen molar-refractivity contribution in [3.63, 3.8) is 0 Å². The number of benzene rings is 2. The van der Waals surface area contributed by atoms with E-state index >= 15 is 0 Å². The summed E-state index contributed by atoms with van der Waals surface area (Å²) in [6.07, 6.45) is 0. The maximum Gasteiger partial charge on any atom is 0.255 e. The largest absolute Gasteiger partial charge is 0.493 e. The van der Waals surface area contributed by atoms with Gasteiger partial charge in [0.1, 0.15) is 5.75 Å². The number of hydrogen-bond donors (Lipinski definition) is 1. The molecular weight excluding hydrogens is 430 g/mol. The Morgan fingerprint density at radius 3 is 2.56 bits per heavy atom. The smallest absolute Gasteiger partial charge is 0.255 e. The van der Waals surface area contributed by atoms with Crippen LogP contribution in [0.3, 0.4) is 0 Å².